The second-order valence-corrected chi connectivity index (χ2v) is 8.48. The van der Waals surface area contributed by atoms with E-state index in [1.165, 1.54) is 5.56 Å². The summed E-state index contributed by atoms with van der Waals surface area (Å²) in [7, 11) is 0. The maximum absolute atomic E-state index is 13.6. The Morgan fingerprint density at radius 2 is 1.81 bits per heavy atom. The van der Waals surface area contributed by atoms with E-state index in [-0.39, 0.29) is 5.91 Å². The summed E-state index contributed by atoms with van der Waals surface area (Å²) in [6, 6.07) is 18.1. The number of piperidine rings is 1. The van der Waals surface area contributed by atoms with Crippen LogP contribution in [0, 0.1) is 6.92 Å². The van der Waals surface area contributed by atoms with Crippen molar-refractivity contribution < 1.29 is 4.79 Å². The Morgan fingerprint density at radius 3 is 2.56 bits per heavy atom. The fraction of sp³-hybridized carbons (Fsp3) is 0.308. The first-order valence-electron chi connectivity index (χ1n) is 11.3. The molecule has 6 heteroatoms. The van der Waals surface area contributed by atoms with Gasteiger partial charge >= 0.3 is 0 Å². The van der Waals surface area contributed by atoms with Crippen LogP contribution in [0.1, 0.15) is 47.4 Å². The molecule has 4 aromatic rings. The number of aryl methyl sites for hydroxylation is 2. The lowest BCUT2D eigenvalue weighted by Crippen LogP contribution is -2.38. The minimum Gasteiger partial charge on any atom is -0.339 e. The minimum atomic E-state index is 0.0763. The van der Waals surface area contributed by atoms with E-state index in [0.717, 1.165) is 66.0 Å². The zero-order valence-corrected chi connectivity index (χ0v) is 18.5. The number of rotatable bonds is 4. The average Bonchev–Trinajstić information content (AvgIpc) is 3.32. The minimum absolute atomic E-state index is 0.0763. The van der Waals surface area contributed by atoms with Crippen LogP contribution in [0.4, 0.5) is 0 Å². The summed E-state index contributed by atoms with van der Waals surface area (Å²) >= 11 is 0. The Labute approximate surface area is 187 Å². The van der Waals surface area contributed by atoms with Crippen LogP contribution in [0.3, 0.4) is 0 Å². The molecule has 2 aromatic carbocycles. The first-order valence-corrected chi connectivity index (χ1v) is 11.3. The number of fused-ring (bicyclic) bond motifs is 1. The van der Waals surface area contributed by atoms with Gasteiger partial charge in [-0.15, -0.1) is 10.2 Å². The molecule has 0 spiro atoms. The van der Waals surface area contributed by atoms with Crippen molar-refractivity contribution in [3.05, 3.63) is 77.9 Å². The molecule has 32 heavy (non-hydrogen) atoms. The van der Waals surface area contributed by atoms with Crippen LogP contribution in [0.25, 0.3) is 22.2 Å². The predicted molar refractivity (Wildman–Crippen MR) is 125 cm³/mol. The van der Waals surface area contributed by atoms with Gasteiger partial charge in [0.05, 0.1) is 16.8 Å². The van der Waals surface area contributed by atoms with Crippen LogP contribution < -0.4 is 0 Å². The largest absolute Gasteiger partial charge is 0.339 e. The van der Waals surface area contributed by atoms with Crippen LogP contribution in [-0.4, -0.2) is 43.6 Å². The van der Waals surface area contributed by atoms with Gasteiger partial charge in [0.2, 0.25) is 0 Å². The van der Waals surface area contributed by atoms with E-state index in [2.05, 4.69) is 52.9 Å². The Balaban J connectivity index is 1.44. The van der Waals surface area contributed by atoms with Crippen molar-refractivity contribution in [2.24, 2.45) is 0 Å². The van der Waals surface area contributed by atoms with Gasteiger partial charge in [0.1, 0.15) is 12.2 Å². The van der Waals surface area contributed by atoms with Gasteiger partial charge in [0.15, 0.2) is 0 Å². The van der Waals surface area contributed by atoms with E-state index in [1.807, 2.05) is 35.2 Å². The van der Waals surface area contributed by atoms with Crippen LogP contribution in [0.15, 0.2) is 60.9 Å². The fourth-order valence-corrected chi connectivity index (χ4v) is 4.56. The van der Waals surface area contributed by atoms with Gasteiger partial charge in [-0.05, 0) is 38.8 Å². The number of hydrogen-bond donors (Lipinski definition) is 0. The van der Waals surface area contributed by atoms with E-state index in [4.69, 9.17) is 4.98 Å². The molecule has 6 nitrogen and oxygen atoms in total. The highest BCUT2D eigenvalue weighted by atomic mass is 16.2. The van der Waals surface area contributed by atoms with Crippen molar-refractivity contribution in [2.45, 2.75) is 39.2 Å². The molecule has 5 rings (SSSR count). The highest BCUT2D eigenvalue weighted by molar-refractivity contribution is 6.07. The Morgan fingerprint density at radius 1 is 1.06 bits per heavy atom. The molecular weight excluding hydrogens is 398 g/mol. The highest BCUT2D eigenvalue weighted by Gasteiger charge is 2.28. The number of para-hydroxylation sites is 1. The van der Waals surface area contributed by atoms with Gasteiger partial charge in [-0.25, -0.2) is 4.98 Å². The average molecular weight is 426 g/mol. The molecule has 0 aliphatic carbocycles. The van der Waals surface area contributed by atoms with Gasteiger partial charge in [-0.2, -0.15) is 0 Å². The zero-order valence-electron chi connectivity index (χ0n) is 18.5. The van der Waals surface area contributed by atoms with Crippen LogP contribution in [0.2, 0.25) is 0 Å². The normalized spacial score (nSPS) is 14.8. The molecule has 0 saturated carbocycles. The molecule has 0 N–H and O–H groups in total. The van der Waals surface area contributed by atoms with Gasteiger partial charge in [0, 0.05) is 36.5 Å². The quantitative estimate of drug-likeness (QED) is 0.469. The van der Waals surface area contributed by atoms with Crippen LogP contribution in [0.5, 0.6) is 0 Å². The summed E-state index contributed by atoms with van der Waals surface area (Å²) in [4.78, 5) is 20.4. The van der Waals surface area contributed by atoms with Crippen LogP contribution >= 0.6 is 0 Å². The topological polar surface area (TPSA) is 63.9 Å². The fourth-order valence-electron chi connectivity index (χ4n) is 4.56. The lowest BCUT2D eigenvalue weighted by Gasteiger charge is -2.32. The second kappa shape index (κ2) is 8.54. The monoisotopic (exact) mass is 425 g/mol. The first-order chi connectivity index (χ1) is 15.6. The van der Waals surface area contributed by atoms with E-state index >= 15 is 0 Å². The number of amides is 1. The molecule has 3 heterocycles. The summed E-state index contributed by atoms with van der Waals surface area (Å²) in [5.41, 5.74) is 4.62. The molecule has 0 unspecified atom stereocenters. The molecule has 1 amide bonds. The number of aromatic nitrogens is 4. The summed E-state index contributed by atoms with van der Waals surface area (Å²) in [6.07, 6.45) is 3.60. The molecular formula is C26H27N5O. The number of likely N-dealkylation sites (tertiary alicyclic amines) is 1. The molecule has 0 radical (unpaired) electrons. The molecule has 162 valence electrons. The Kier molecular flexibility index (Phi) is 5.43. The van der Waals surface area contributed by atoms with E-state index < -0.39 is 0 Å². The highest BCUT2D eigenvalue weighted by Crippen LogP contribution is 2.30. The van der Waals surface area contributed by atoms with E-state index in [9.17, 15) is 4.79 Å². The van der Waals surface area contributed by atoms with E-state index in [0.29, 0.717) is 5.92 Å². The van der Waals surface area contributed by atoms with Crippen molar-refractivity contribution in [2.75, 3.05) is 13.1 Å². The van der Waals surface area contributed by atoms with Crippen molar-refractivity contribution in [3.8, 4) is 11.3 Å². The summed E-state index contributed by atoms with van der Waals surface area (Å²) < 4.78 is 2.10. The number of benzene rings is 2. The maximum Gasteiger partial charge on any atom is 0.254 e. The molecule has 1 fully saturated rings. The number of nitrogens with zero attached hydrogens (tertiary/aromatic N) is 5. The number of pyridine rings is 1. The molecule has 2 aromatic heterocycles. The Bertz CT molecular complexity index is 1250. The third-order valence-electron chi connectivity index (χ3n) is 6.43. The molecule has 1 aliphatic rings. The van der Waals surface area contributed by atoms with Gasteiger partial charge < -0.3 is 9.47 Å². The van der Waals surface area contributed by atoms with Gasteiger partial charge in [-0.3, -0.25) is 4.79 Å². The molecule has 0 bridgehead atoms. The standard InChI is InChI=1S/C26H27N5O/c1-3-30-17-27-29-25(30)20-12-14-31(15-13-20)26(32)22-16-24(19-10-8-18(2)9-11-19)28-23-7-5-4-6-21(22)23/h4-11,16-17,20H,3,12-15H2,1-2H3. The lowest BCUT2D eigenvalue weighted by atomic mass is 9.94. The van der Waals surface area contributed by atoms with Crippen molar-refractivity contribution in [3.63, 3.8) is 0 Å². The van der Waals surface area contributed by atoms with Gasteiger partial charge in [0.25, 0.3) is 5.91 Å². The third kappa shape index (κ3) is 3.77. The maximum atomic E-state index is 13.6. The number of hydrogen-bond acceptors (Lipinski definition) is 4. The van der Waals surface area contributed by atoms with E-state index in [1.54, 1.807) is 6.33 Å². The smallest absolute Gasteiger partial charge is 0.254 e. The summed E-state index contributed by atoms with van der Waals surface area (Å²) in [5, 5.41) is 9.31. The molecule has 1 saturated heterocycles. The third-order valence-corrected chi connectivity index (χ3v) is 6.43. The van der Waals surface area contributed by atoms with Crippen molar-refractivity contribution in [1.29, 1.82) is 0 Å². The molecule has 1 aliphatic heterocycles. The SMILES string of the molecule is CCn1cnnc1C1CCN(C(=O)c2cc(-c3ccc(C)cc3)nc3ccccc23)CC1. The number of carbonyl (C=O) groups excluding carboxylic acids is 1. The van der Waals surface area contributed by atoms with Crippen LogP contribution in [-0.2, 0) is 6.54 Å². The van der Waals surface area contributed by atoms with Crippen molar-refractivity contribution in [1.82, 2.24) is 24.6 Å². The number of carbonyl (C=O) groups is 1. The van der Waals surface area contributed by atoms with Crippen molar-refractivity contribution >= 4 is 16.8 Å². The zero-order chi connectivity index (χ0) is 22.1. The predicted octanol–water partition coefficient (Wildman–Crippen LogP) is 4.84. The lowest BCUT2D eigenvalue weighted by molar-refractivity contribution is 0.0712. The second-order valence-electron chi connectivity index (χ2n) is 8.48. The Hall–Kier alpha value is -3.54. The first kappa shape index (κ1) is 20.4. The van der Waals surface area contributed by atoms with Gasteiger partial charge in [-0.1, -0.05) is 48.0 Å². The summed E-state index contributed by atoms with van der Waals surface area (Å²) in [5.74, 6) is 1.46. The summed E-state index contributed by atoms with van der Waals surface area (Å²) in [6.45, 7) is 6.48. The molecule has 0 atom stereocenters.